The number of amides is 1. The van der Waals surface area contributed by atoms with Crippen molar-refractivity contribution in [3.63, 3.8) is 0 Å². The Labute approximate surface area is 181 Å². The Morgan fingerprint density at radius 1 is 1.33 bits per heavy atom. The van der Waals surface area contributed by atoms with E-state index in [1.54, 1.807) is 0 Å². The maximum absolute atomic E-state index is 12.4. The van der Waals surface area contributed by atoms with E-state index in [2.05, 4.69) is 45.7 Å². The summed E-state index contributed by atoms with van der Waals surface area (Å²) >= 11 is 0. The first kappa shape index (κ1) is 24.0. The maximum Gasteiger partial charge on any atom is 0.408 e. The van der Waals surface area contributed by atoms with E-state index in [0.717, 1.165) is 44.7 Å². The summed E-state index contributed by atoms with van der Waals surface area (Å²) in [7, 11) is 3.77. The van der Waals surface area contributed by atoms with Gasteiger partial charge >= 0.3 is 6.09 Å². The highest BCUT2D eigenvalue weighted by Crippen LogP contribution is 2.21. The number of carbonyl (C=O) groups excluding carboxylic acids is 1. The van der Waals surface area contributed by atoms with E-state index < -0.39 is 5.60 Å². The van der Waals surface area contributed by atoms with Crippen LogP contribution in [-0.2, 0) is 18.2 Å². The number of nitrogens with one attached hydrogen (secondary N) is 2. The van der Waals surface area contributed by atoms with Gasteiger partial charge in [0.1, 0.15) is 5.60 Å². The molecule has 1 unspecified atom stereocenters. The molecule has 8 heteroatoms. The normalized spacial score (nSPS) is 17.9. The molecule has 0 saturated carbocycles. The number of ether oxygens (including phenoxy) is 1. The van der Waals surface area contributed by atoms with Crippen LogP contribution in [0.1, 0.15) is 59.4 Å². The zero-order valence-electron chi connectivity index (χ0n) is 19.8. The smallest absolute Gasteiger partial charge is 0.408 e. The van der Waals surface area contributed by atoms with Crippen LogP contribution in [0.2, 0.25) is 0 Å². The van der Waals surface area contributed by atoms with Gasteiger partial charge in [-0.05, 0) is 57.9 Å². The molecule has 2 heterocycles. The molecule has 1 fully saturated rings. The van der Waals surface area contributed by atoms with E-state index in [4.69, 9.17) is 4.74 Å². The lowest BCUT2D eigenvalue weighted by Crippen LogP contribution is -2.57. The van der Waals surface area contributed by atoms with Gasteiger partial charge in [0.05, 0.1) is 11.7 Å². The summed E-state index contributed by atoms with van der Waals surface area (Å²) in [6.07, 6.45) is 7.45. The number of carbonyl (C=O) groups is 1. The summed E-state index contributed by atoms with van der Waals surface area (Å²) in [5.41, 5.74) is 0.386. The largest absolute Gasteiger partial charge is 0.444 e. The van der Waals surface area contributed by atoms with E-state index in [1.165, 1.54) is 5.56 Å². The topological polar surface area (TPSA) is 83.8 Å². The van der Waals surface area contributed by atoms with Crippen LogP contribution in [0, 0.1) is 5.92 Å². The van der Waals surface area contributed by atoms with Crippen molar-refractivity contribution < 1.29 is 9.53 Å². The van der Waals surface area contributed by atoms with Crippen molar-refractivity contribution in [1.29, 1.82) is 0 Å². The van der Waals surface area contributed by atoms with Gasteiger partial charge in [-0.15, -0.1) is 0 Å². The molecule has 0 spiro atoms. The molecule has 1 aliphatic rings. The molecule has 8 nitrogen and oxygen atoms in total. The van der Waals surface area contributed by atoms with E-state index >= 15 is 0 Å². The number of nitrogens with zero attached hydrogens (tertiary/aromatic N) is 4. The first-order chi connectivity index (χ1) is 14.1. The van der Waals surface area contributed by atoms with E-state index in [0.29, 0.717) is 12.5 Å². The molecule has 1 aliphatic heterocycles. The average Bonchev–Trinajstić information content (AvgIpc) is 3.29. The monoisotopic (exact) mass is 420 g/mol. The third-order valence-corrected chi connectivity index (χ3v) is 5.78. The van der Waals surface area contributed by atoms with E-state index in [9.17, 15) is 4.79 Å². The first-order valence-corrected chi connectivity index (χ1v) is 11.0. The lowest BCUT2D eigenvalue weighted by molar-refractivity contribution is 0.0448. The Kier molecular flexibility index (Phi) is 8.15. The minimum atomic E-state index is -0.514. The predicted octanol–water partition coefficient (Wildman–Crippen LogP) is 2.94. The molecule has 170 valence electrons. The molecule has 1 aromatic rings. The Bertz CT molecular complexity index is 717. The van der Waals surface area contributed by atoms with Crippen LogP contribution in [0.3, 0.4) is 0 Å². The summed E-state index contributed by atoms with van der Waals surface area (Å²) in [6, 6.07) is 0. The number of aromatic nitrogens is 2. The molecular weight excluding hydrogens is 380 g/mol. The fraction of sp³-hybridized carbons (Fsp3) is 0.773. The Morgan fingerprint density at radius 2 is 2.03 bits per heavy atom. The Balaban J connectivity index is 1.92. The Hall–Kier alpha value is -2.25. The van der Waals surface area contributed by atoms with Crippen molar-refractivity contribution in [2.75, 3.05) is 26.7 Å². The van der Waals surface area contributed by atoms with Gasteiger partial charge in [-0.25, -0.2) is 4.79 Å². The first-order valence-electron chi connectivity index (χ1n) is 11.0. The van der Waals surface area contributed by atoms with Crippen LogP contribution in [-0.4, -0.2) is 64.6 Å². The Morgan fingerprint density at radius 3 is 2.57 bits per heavy atom. The van der Waals surface area contributed by atoms with E-state index in [1.807, 2.05) is 45.7 Å². The lowest BCUT2D eigenvalue weighted by atomic mass is 9.93. The molecule has 1 aromatic heterocycles. The van der Waals surface area contributed by atoms with Crippen LogP contribution in [0.15, 0.2) is 17.4 Å². The second-order valence-corrected chi connectivity index (χ2v) is 9.34. The standard InChI is InChI=1S/C22H40N6O2/c1-8-22(9-2,26-20(29)30-21(3,4)5)16-24-19(23-6)28-11-10-17(15-28)12-18-13-25-27(7)14-18/h13-14,17H,8-12,15-16H2,1-7H3,(H,23,24)(H,26,29). The third kappa shape index (κ3) is 6.92. The van der Waals surface area contributed by atoms with Gasteiger partial charge in [0.25, 0.3) is 0 Å². The van der Waals surface area contributed by atoms with Crippen molar-refractivity contribution in [2.24, 2.45) is 18.0 Å². The number of rotatable bonds is 7. The molecular formula is C22H40N6O2. The fourth-order valence-corrected chi connectivity index (χ4v) is 3.92. The highest BCUT2D eigenvalue weighted by atomic mass is 16.6. The van der Waals surface area contributed by atoms with Crippen LogP contribution in [0.25, 0.3) is 0 Å². The molecule has 1 atom stereocenters. The minimum Gasteiger partial charge on any atom is -0.444 e. The van der Waals surface area contributed by atoms with Gasteiger partial charge in [0, 0.05) is 39.9 Å². The molecule has 0 aromatic carbocycles. The zero-order chi connectivity index (χ0) is 22.4. The van der Waals surface area contributed by atoms with Crippen molar-refractivity contribution in [3.05, 3.63) is 18.0 Å². The molecule has 0 radical (unpaired) electrons. The highest BCUT2D eigenvalue weighted by molar-refractivity contribution is 5.80. The van der Waals surface area contributed by atoms with Crippen molar-refractivity contribution in [1.82, 2.24) is 25.3 Å². The summed E-state index contributed by atoms with van der Waals surface area (Å²) in [5.74, 6) is 1.48. The van der Waals surface area contributed by atoms with Crippen molar-refractivity contribution >= 4 is 12.1 Å². The number of alkyl carbamates (subject to hydrolysis) is 1. The summed E-state index contributed by atoms with van der Waals surface area (Å²) in [5, 5.41) is 10.9. The minimum absolute atomic E-state index is 0.374. The van der Waals surface area contributed by atoms with Gasteiger partial charge < -0.3 is 20.3 Å². The van der Waals surface area contributed by atoms with Crippen LogP contribution < -0.4 is 10.6 Å². The zero-order valence-corrected chi connectivity index (χ0v) is 19.8. The predicted molar refractivity (Wildman–Crippen MR) is 121 cm³/mol. The van der Waals surface area contributed by atoms with Gasteiger partial charge in [-0.2, -0.15) is 5.10 Å². The average molecular weight is 421 g/mol. The number of guanidine groups is 1. The number of hydrogen-bond acceptors (Lipinski definition) is 4. The molecule has 2 rings (SSSR count). The maximum atomic E-state index is 12.4. The number of aliphatic imine (C=N–C) groups is 1. The fourth-order valence-electron chi connectivity index (χ4n) is 3.92. The number of aryl methyl sites for hydroxylation is 1. The van der Waals surface area contributed by atoms with Gasteiger partial charge in [-0.3, -0.25) is 9.67 Å². The molecule has 30 heavy (non-hydrogen) atoms. The third-order valence-electron chi connectivity index (χ3n) is 5.78. The van der Waals surface area contributed by atoms with Crippen molar-refractivity contribution in [2.45, 2.75) is 71.4 Å². The quantitative estimate of drug-likeness (QED) is 0.523. The van der Waals surface area contributed by atoms with E-state index in [-0.39, 0.29) is 11.6 Å². The molecule has 0 aliphatic carbocycles. The second-order valence-electron chi connectivity index (χ2n) is 9.34. The number of likely N-dealkylation sites (tertiary alicyclic amines) is 1. The van der Waals surface area contributed by atoms with Crippen LogP contribution in [0.5, 0.6) is 0 Å². The van der Waals surface area contributed by atoms with Crippen molar-refractivity contribution in [3.8, 4) is 0 Å². The molecule has 1 saturated heterocycles. The molecule has 2 N–H and O–H groups in total. The molecule has 0 bridgehead atoms. The summed E-state index contributed by atoms with van der Waals surface area (Å²) in [4.78, 5) is 19.2. The van der Waals surface area contributed by atoms with Gasteiger partial charge in [-0.1, -0.05) is 13.8 Å². The van der Waals surface area contributed by atoms with Gasteiger partial charge in [0.2, 0.25) is 0 Å². The van der Waals surface area contributed by atoms with Crippen LogP contribution >= 0.6 is 0 Å². The summed E-state index contributed by atoms with van der Waals surface area (Å²) < 4.78 is 7.33. The van der Waals surface area contributed by atoms with Crippen LogP contribution in [0.4, 0.5) is 4.79 Å². The summed E-state index contributed by atoms with van der Waals surface area (Å²) in [6.45, 7) is 12.4. The lowest BCUT2D eigenvalue weighted by Gasteiger charge is -2.35. The molecule has 1 amide bonds. The SMILES string of the molecule is CCC(CC)(CNC(=NC)N1CCC(Cc2cnn(C)c2)C1)NC(=O)OC(C)(C)C. The number of hydrogen-bond donors (Lipinski definition) is 2. The second kappa shape index (κ2) is 10.2. The highest BCUT2D eigenvalue weighted by Gasteiger charge is 2.32. The van der Waals surface area contributed by atoms with Gasteiger partial charge in [0.15, 0.2) is 5.96 Å².